The number of nitrogens with zero attached hydrogens (tertiary/aromatic N) is 1. The monoisotopic (exact) mass is 300 g/mol. The molecule has 0 radical (unpaired) electrons. The van der Waals surface area contributed by atoms with Gasteiger partial charge >= 0.3 is 0 Å². The summed E-state index contributed by atoms with van der Waals surface area (Å²) in [5.74, 6) is 0.332. The third-order valence-corrected chi connectivity index (χ3v) is 4.83. The highest BCUT2D eigenvalue weighted by molar-refractivity contribution is 7.09. The van der Waals surface area contributed by atoms with Crippen molar-refractivity contribution >= 4 is 22.9 Å². The van der Waals surface area contributed by atoms with E-state index >= 15 is 0 Å². The summed E-state index contributed by atoms with van der Waals surface area (Å²) in [7, 11) is 0. The molecule has 1 saturated carbocycles. The fourth-order valence-electron chi connectivity index (χ4n) is 2.90. The molecule has 0 atom stereocenters. The fourth-order valence-corrected chi connectivity index (χ4v) is 3.52. The van der Waals surface area contributed by atoms with Gasteiger partial charge in [0.1, 0.15) is 0 Å². The molecule has 1 aliphatic carbocycles. The van der Waals surface area contributed by atoms with Crippen LogP contribution in [0, 0.1) is 12.8 Å². The Kier molecular flexibility index (Phi) is 4.34. The largest absolute Gasteiger partial charge is 0.325 e. The van der Waals surface area contributed by atoms with Crippen molar-refractivity contribution < 1.29 is 4.79 Å². The van der Waals surface area contributed by atoms with Gasteiger partial charge in [0, 0.05) is 16.9 Å². The van der Waals surface area contributed by atoms with Gasteiger partial charge in [0.2, 0.25) is 5.91 Å². The van der Waals surface area contributed by atoms with E-state index < -0.39 is 0 Å². The zero-order valence-corrected chi connectivity index (χ0v) is 13.1. The molecule has 0 saturated heterocycles. The van der Waals surface area contributed by atoms with E-state index in [1.165, 1.54) is 19.3 Å². The topological polar surface area (TPSA) is 42.0 Å². The van der Waals surface area contributed by atoms with Gasteiger partial charge in [-0.1, -0.05) is 37.5 Å². The maximum Gasteiger partial charge on any atom is 0.227 e. The number of para-hydroxylation sites is 1. The highest BCUT2D eigenvalue weighted by Crippen LogP contribution is 2.30. The second-order valence-corrected chi connectivity index (χ2v) is 6.68. The third-order valence-electron chi connectivity index (χ3n) is 4.06. The molecule has 1 heterocycles. The standard InChI is InChI=1S/C17H20N2OS/c1-12-18-16(11-21-12)14-9-5-6-10-15(14)19-17(20)13-7-3-2-4-8-13/h5-6,9-11,13H,2-4,7-8H2,1H3,(H,19,20). The SMILES string of the molecule is Cc1nc(-c2ccccc2NC(=O)C2CCCCC2)cs1. The van der Waals surface area contributed by atoms with Gasteiger partial charge in [0.15, 0.2) is 0 Å². The van der Waals surface area contributed by atoms with Crippen molar-refractivity contribution in [1.29, 1.82) is 0 Å². The number of carbonyl (C=O) groups is 1. The van der Waals surface area contributed by atoms with Gasteiger partial charge in [0.25, 0.3) is 0 Å². The summed E-state index contributed by atoms with van der Waals surface area (Å²) in [5, 5.41) is 6.20. The van der Waals surface area contributed by atoms with Crippen LogP contribution in [-0.4, -0.2) is 10.9 Å². The van der Waals surface area contributed by atoms with Crippen LogP contribution in [0.25, 0.3) is 11.3 Å². The van der Waals surface area contributed by atoms with Crippen LogP contribution in [0.5, 0.6) is 0 Å². The summed E-state index contributed by atoms with van der Waals surface area (Å²) in [6.07, 6.45) is 5.64. The first-order valence-corrected chi connectivity index (χ1v) is 8.44. The predicted octanol–water partition coefficient (Wildman–Crippen LogP) is 4.64. The van der Waals surface area contributed by atoms with E-state index in [0.29, 0.717) is 0 Å². The van der Waals surface area contributed by atoms with Crippen molar-refractivity contribution in [2.24, 2.45) is 5.92 Å². The summed E-state index contributed by atoms with van der Waals surface area (Å²) in [6, 6.07) is 7.93. The van der Waals surface area contributed by atoms with Gasteiger partial charge < -0.3 is 5.32 Å². The Hall–Kier alpha value is -1.68. The first-order chi connectivity index (χ1) is 10.2. The van der Waals surface area contributed by atoms with Crippen molar-refractivity contribution in [3.8, 4) is 11.3 Å². The molecule has 1 aliphatic rings. The van der Waals surface area contributed by atoms with E-state index in [2.05, 4.69) is 10.3 Å². The first kappa shape index (κ1) is 14.3. The Morgan fingerprint density at radius 2 is 2.00 bits per heavy atom. The highest BCUT2D eigenvalue weighted by atomic mass is 32.1. The van der Waals surface area contributed by atoms with Gasteiger partial charge in [-0.05, 0) is 25.8 Å². The Morgan fingerprint density at radius 1 is 1.24 bits per heavy atom. The zero-order valence-electron chi connectivity index (χ0n) is 12.3. The van der Waals surface area contributed by atoms with E-state index in [9.17, 15) is 4.79 Å². The number of amides is 1. The van der Waals surface area contributed by atoms with Gasteiger partial charge in [-0.25, -0.2) is 4.98 Å². The molecule has 1 N–H and O–H groups in total. The summed E-state index contributed by atoms with van der Waals surface area (Å²) in [5.41, 5.74) is 2.82. The van der Waals surface area contributed by atoms with Crippen LogP contribution < -0.4 is 5.32 Å². The summed E-state index contributed by atoms with van der Waals surface area (Å²) >= 11 is 1.63. The van der Waals surface area contributed by atoms with E-state index in [4.69, 9.17) is 0 Å². The number of hydrogen-bond donors (Lipinski definition) is 1. The quantitative estimate of drug-likeness (QED) is 0.897. The molecule has 1 amide bonds. The summed E-state index contributed by atoms with van der Waals surface area (Å²) in [4.78, 5) is 17.0. The van der Waals surface area contributed by atoms with Crippen molar-refractivity contribution in [1.82, 2.24) is 4.98 Å². The van der Waals surface area contributed by atoms with Gasteiger partial charge in [-0.15, -0.1) is 11.3 Å². The lowest BCUT2D eigenvalue weighted by atomic mass is 9.88. The molecule has 0 spiro atoms. The smallest absolute Gasteiger partial charge is 0.227 e. The lowest BCUT2D eigenvalue weighted by Crippen LogP contribution is -2.24. The number of benzene rings is 1. The van der Waals surface area contributed by atoms with E-state index in [0.717, 1.165) is 34.8 Å². The zero-order chi connectivity index (χ0) is 14.7. The lowest BCUT2D eigenvalue weighted by Gasteiger charge is -2.21. The van der Waals surface area contributed by atoms with Crippen LogP contribution in [0.2, 0.25) is 0 Å². The van der Waals surface area contributed by atoms with Gasteiger partial charge in [0.05, 0.1) is 16.4 Å². The molecule has 3 rings (SSSR count). The molecule has 1 aromatic heterocycles. The van der Waals surface area contributed by atoms with Crippen molar-refractivity contribution in [3.05, 3.63) is 34.7 Å². The minimum Gasteiger partial charge on any atom is -0.325 e. The number of rotatable bonds is 3. The molecular formula is C17H20N2OS. The maximum absolute atomic E-state index is 12.4. The van der Waals surface area contributed by atoms with Crippen molar-refractivity contribution in [3.63, 3.8) is 0 Å². The molecule has 1 aromatic carbocycles. The number of nitrogens with one attached hydrogen (secondary N) is 1. The van der Waals surface area contributed by atoms with Crippen molar-refractivity contribution in [2.45, 2.75) is 39.0 Å². The lowest BCUT2D eigenvalue weighted by molar-refractivity contribution is -0.120. The second kappa shape index (κ2) is 6.39. The number of hydrogen-bond acceptors (Lipinski definition) is 3. The predicted molar refractivity (Wildman–Crippen MR) is 87.5 cm³/mol. The van der Waals surface area contributed by atoms with Crippen LogP contribution in [0.3, 0.4) is 0 Å². The number of thiazole rings is 1. The molecule has 110 valence electrons. The molecule has 0 bridgehead atoms. The van der Waals surface area contributed by atoms with Gasteiger partial charge in [-0.2, -0.15) is 0 Å². The first-order valence-electron chi connectivity index (χ1n) is 7.56. The molecule has 4 heteroatoms. The normalized spacial score (nSPS) is 15.9. The minimum atomic E-state index is 0.161. The van der Waals surface area contributed by atoms with Crippen LogP contribution in [0.15, 0.2) is 29.6 Å². The van der Waals surface area contributed by atoms with E-state index in [-0.39, 0.29) is 11.8 Å². The molecule has 1 fully saturated rings. The number of aromatic nitrogens is 1. The molecule has 2 aromatic rings. The molecular weight excluding hydrogens is 280 g/mol. The number of anilines is 1. The number of carbonyl (C=O) groups excluding carboxylic acids is 1. The van der Waals surface area contributed by atoms with Crippen LogP contribution in [0.4, 0.5) is 5.69 Å². The maximum atomic E-state index is 12.4. The van der Waals surface area contributed by atoms with Crippen LogP contribution in [-0.2, 0) is 4.79 Å². The molecule has 0 aliphatic heterocycles. The molecule has 3 nitrogen and oxygen atoms in total. The average molecular weight is 300 g/mol. The Balaban J connectivity index is 1.80. The van der Waals surface area contributed by atoms with Crippen LogP contribution in [0.1, 0.15) is 37.1 Å². The molecule has 0 unspecified atom stereocenters. The second-order valence-electron chi connectivity index (χ2n) is 5.62. The Bertz CT molecular complexity index is 629. The number of aryl methyl sites for hydroxylation is 1. The third kappa shape index (κ3) is 3.32. The summed E-state index contributed by atoms with van der Waals surface area (Å²) in [6.45, 7) is 2.00. The van der Waals surface area contributed by atoms with E-state index in [1.807, 2.05) is 36.6 Å². The van der Waals surface area contributed by atoms with Crippen molar-refractivity contribution in [2.75, 3.05) is 5.32 Å². The van der Waals surface area contributed by atoms with Crippen LogP contribution >= 0.6 is 11.3 Å². The molecule has 21 heavy (non-hydrogen) atoms. The Morgan fingerprint density at radius 3 is 2.71 bits per heavy atom. The van der Waals surface area contributed by atoms with E-state index in [1.54, 1.807) is 11.3 Å². The Labute approximate surface area is 129 Å². The fraction of sp³-hybridized carbons (Fsp3) is 0.412. The average Bonchev–Trinajstić information content (AvgIpc) is 2.95. The highest BCUT2D eigenvalue weighted by Gasteiger charge is 2.22. The summed E-state index contributed by atoms with van der Waals surface area (Å²) < 4.78 is 0. The van der Waals surface area contributed by atoms with Gasteiger partial charge in [-0.3, -0.25) is 4.79 Å². The minimum absolute atomic E-state index is 0.161.